The Bertz CT molecular complexity index is 805. The van der Waals surface area contributed by atoms with Crippen LogP contribution in [0.4, 0.5) is 0 Å². The molecular weight excluding hydrogens is 396 g/mol. The average molecular weight is 424 g/mol. The molecule has 0 bridgehead atoms. The monoisotopic (exact) mass is 424 g/mol. The number of Topliss-reactive ketones (excluding diaryl/α,β-unsaturated/α-hetero) is 1. The van der Waals surface area contributed by atoms with Gasteiger partial charge in [-0.3, -0.25) is 9.79 Å². The van der Waals surface area contributed by atoms with E-state index >= 15 is 0 Å². The molecule has 166 valence electrons. The second kappa shape index (κ2) is 9.86. The van der Waals surface area contributed by atoms with Gasteiger partial charge in [0.15, 0.2) is 5.78 Å². The number of aliphatic hydroxyl groups is 4. The first kappa shape index (κ1) is 22.7. The third-order valence-electron chi connectivity index (χ3n) is 5.14. The molecule has 2 aliphatic heterocycles. The van der Waals surface area contributed by atoms with Crippen LogP contribution in [0.15, 0.2) is 23.0 Å². The van der Waals surface area contributed by atoms with Gasteiger partial charge in [0.2, 0.25) is 0 Å². The van der Waals surface area contributed by atoms with Crippen LogP contribution in [-0.2, 0) is 27.4 Å². The molecule has 0 aliphatic carbocycles. The zero-order valence-electron chi connectivity index (χ0n) is 17.0. The van der Waals surface area contributed by atoms with Gasteiger partial charge in [-0.05, 0) is 13.8 Å². The van der Waals surface area contributed by atoms with Crippen molar-refractivity contribution in [3.8, 4) is 0 Å². The number of aliphatic imine (C=N–C) groups is 1. The molecule has 11 heteroatoms. The molecule has 0 saturated carbocycles. The second-order valence-corrected chi connectivity index (χ2v) is 7.76. The number of rotatable bonds is 9. The molecular formula is C19H28N4O7. The van der Waals surface area contributed by atoms with E-state index in [-0.39, 0.29) is 31.3 Å². The molecule has 5 atom stereocenters. The molecule has 4 N–H and O–H groups in total. The topological polar surface area (TPSA) is 160 Å². The van der Waals surface area contributed by atoms with Crippen LogP contribution in [0.2, 0.25) is 0 Å². The number of allylic oxidation sites excluding steroid dienone is 1. The molecule has 5 unspecified atom stereocenters. The zero-order chi connectivity index (χ0) is 21.8. The molecule has 1 aromatic heterocycles. The van der Waals surface area contributed by atoms with Crippen molar-refractivity contribution in [3.63, 3.8) is 0 Å². The van der Waals surface area contributed by atoms with Crippen LogP contribution in [0.5, 0.6) is 0 Å². The lowest BCUT2D eigenvalue weighted by Crippen LogP contribution is -2.58. The summed E-state index contributed by atoms with van der Waals surface area (Å²) in [6, 6.07) is 0. The molecule has 1 saturated heterocycles. The number of ether oxygens (including phenoxy) is 2. The molecule has 3 rings (SSSR count). The predicted molar refractivity (Wildman–Crippen MR) is 103 cm³/mol. The van der Waals surface area contributed by atoms with Crippen molar-refractivity contribution in [2.75, 3.05) is 6.61 Å². The number of ketones is 1. The lowest BCUT2D eigenvalue weighted by atomic mass is 9.91. The highest BCUT2D eigenvalue weighted by atomic mass is 16.5. The Morgan fingerprint density at radius 2 is 2.00 bits per heavy atom. The summed E-state index contributed by atoms with van der Waals surface area (Å²) in [5.41, 5.74) is 1.78. The maximum absolute atomic E-state index is 12.6. The molecule has 0 radical (unpaired) electrons. The highest BCUT2D eigenvalue weighted by molar-refractivity contribution is 6.04. The number of carbonyl (C=O) groups excluding carboxylic acids is 1. The first-order valence-electron chi connectivity index (χ1n) is 9.87. The summed E-state index contributed by atoms with van der Waals surface area (Å²) in [7, 11) is 0. The van der Waals surface area contributed by atoms with E-state index in [1.807, 2.05) is 13.8 Å². The fourth-order valence-corrected chi connectivity index (χ4v) is 3.37. The number of aliphatic hydroxyl groups excluding tert-OH is 4. The summed E-state index contributed by atoms with van der Waals surface area (Å²) in [6.07, 6.45) is -2.48. The minimum atomic E-state index is -1.43. The van der Waals surface area contributed by atoms with E-state index in [2.05, 4.69) is 15.3 Å². The van der Waals surface area contributed by atoms with Crippen molar-refractivity contribution in [1.29, 1.82) is 0 Å². The first-order chi connectivity index (χ1) is 14.3. The van der Waals surface area contributed by atoms with Crippen LogP contribution in [0.3, 0.4) is 0 Å². The van der Waals surface area contributed by atoms with Gasteiger partial charge in [-0.25, -0.2) is 4.68 Å². The van der Waals surface area contributed by atoms with E-state index in [0.29, 0.717) is 23.6 Å². The number of hydrogen-bond acceptors (Lipinski definition) is 10. The molecule has 2 aliphatic rings. The fourth-order valence-electron chi connectivity index (χ4n) is 3.37. The molecule has 30 heavy (non-hydrogen) atoms. The van der Waals surface area contributed by atoms with Crippen molar-refractivity contribution in [2.45, 2.75) is 76.5 Å². The van der Waals surface area contributed by atoms with Gasteiger partial charge in [0.1, 0.15) is 31.0 Å². The van der Waals surface area contributed by atoms with Gasteiger partial charge in [-0.15, -0.1) is 5.10 Å². The number of hydrogen-bond donors (Lipinski definition) is 4. The Hall–Kier alpha value is -2.02. The summed E-state index contributed by atoms with van der Waals surface area (Å²) < 4.78 is 12.5. The van der Waals surface area contributed by atoms with Crippen LogP contribution in [0, 0.1) is 0 Å². The van der Waals surface area contributed by atoms with Gasteiger partial charge >= 0.3 is 0 Å². The lowest BCUT2D eigenvalue weighted by Gasteiger charge is -2.40. The van der Waals surface area contributed by atoms with Crippen LogP contribution in [0.25, 0.3) is 0 Å². The van der Waals surface area contributed by atoms with Crippen molar-refractivity contribution in [2.24, 2.45) is 4.99 Å². The smallest absolute Gasteiger partial charge is 0.182 e. The summed E-state index contributed by atoms with van der Waals surface area (Å²) >= 11 is 0. The Balaban J connectivity index is 1.54. The van der Waals surface area contributed by atoms with Crippen molar-refractivity contribution in [1.82, 2.24) is 15.0 Å². The fraction of sp³-hybridized carbons (Fsp3) is 0.684. The molecule has 11 nitrogen and oxygen atoms in total. The summed E-state index contributed by atoms with van der Waals surface area (Å²) in [5.74, 6) is -0.168. The molecule has 3 heterocycles. The maximum atomic E-state index is 12.6. The lowest BCUT2D eigenvalue weighted by molar-refractivity contribution is -0.227. The summed E-state index contributed by atoms with van der Waals surface area (Å²) in [5, 5.41) is 47.0. The minimum Gasteiger partial charge on any atom is -0.394 e. The van der Waals surface area contributed by atoms with E-state index in [1.165, 1.54) is 10.9 Å². The number of nitrogens with zero attached hydrogens (tertiary/aromatic N) is 4. The molecule has 1 aromatic rings. The van der Waals surface area contributed by atoms with Crippen LogP contribution in [-0.4, -0.2) is 90.1 Å². The van der Waals surface area contributed by atoms with Crippen LogP contribution < -0.4 is 0 Å². The Kier molecular flexibility index (Phi) is 7.45. The molecule has 0 aromatic carbocycles. The SMILES string of the molecule is CC(C)OCc1cnnn1CC(=O)C1=CN=C(CC2OC(CO)C(O)C(O)C2O)C1. The normalized spacial score (nSPS) is 29.2. The third kappa shape index (κ3) is 5.17. The van der Waals surface area contributed by atoms with E-state index in [4.69, 9.17) is 9.47 Å². The van der Waals surface area contributed by atoms with Crippen molar-refractivity contribution >= 4 is 11.5 Å². The van der Waals surface area contributed by atoms with Crippen molar-refractivity contribution < 1.29 is 34.7 Å². The highest BCUT2D eigenvalue weighted by Gasteiger charge is 2.43. The van der Waals surface area contributed by atoms with Gasteiger partial charge in [-0.2, -0.15) is 0 Å². The average Bonchev–Trinajstić information content (AvgIpc) is 3.36. The predicted octanol–water partition coefficient (Wildman–Crippen LogP) is -1.27. The Morgan fingerprint density at radius 1 is 1.27 bits per heavy atom. The quantitative estimate of drug-likeness (QED) is 0.379. The molecule has 0 amide bonds. The van der Waals surface area contributed by atoms with E-state index < -0.39 is 37.1 Å². The van der Waals surface area contributed by atoms with E-state index in [9.17, 15) is 25.2 Å². The number of aromatic nitrogens is 3. The van der Waals surface area contributed by atoms with Gasteiger partial charge < -0.3 is 29.9 Å². The Labute approximate surface area is 173 Å². The summed E-state index contributed by atoms with van der Waals surface area (Å²) in [4.78, 5) is 16.9. The highest BCUT2D eigenvalue weighted by Crippen LogP contribution is 2.26. The third-order valence-corrected chi connectivity index (χ3v) is 5.14. The van der Waals surface area contributed by atoms with E-state index in [0.717, 1.165) is 0 Å². The van der Waals surface area contributed by atoms with Gasteiger partial charge in [0.25, 0.3) is 0 Å². The standard InChI is InChI=1S/C19H28N4O7/c1-10(2)29-9-13-6-21-22-23(13)7-14(25)11-3-12(20-5-11)4-15-17(26)19(28)18(27)16(8-24)30-15/h5-6,10,15-19,24,26-28H,3-4,7-9H2,1-2H3. The van der Waals surface area contributed by atoms with E-state index in [1.54, 1.807) is 6.20 Å². The summed E-state index contributed by atoms with van der Waals surface area (Å²) in [6.45, 7) is 3.64. The largest absolute Gasteiger partial charge is 0.394 e. The van der Waals surface area contributed by atoms with Crippen molar-refractivity contribution in [3.05, 3.63) is 23.7 Å². The number of carbonyl (C=O) groups is 1. The minimum absolute atomic E-state index is 0.00543. The zero-order valence-corrected chi connectivity index (χ0v) is 17.0. The molecule has 0 spiro atoms. The van der Waals surface area contributed by atoms with Gasteiger partial charge in [-0.1, -0.05) is 5.21 Å². The van der Waals surface area contributed by atoms with Crippen LogP contribution >= 0.6 is 0 Å². The molecule has 1 fully saturated rings. The van der Waals surface area contributed by atoms with Crippen LogP contribution in [0.1, 0.15) is 32.4 Å². The Morgan fingerprint density at radius 3 is 2.70 bits per heavy atom. The maximum Gasteiger partial charge on any atom is 0.182 e. The van der Waals surface area contributed by atoms with Gasteiger partial charge in [0.05, 0.1) is 37.3 Å². The first-order valence-corrected chi connectivity index (χ1v) is 9.87. The second-order valence-electron chi connectivity index (χ2n) is 7.76. The van der Waals surface area contributed by atoms with Gasteiger partial charge in [0, 0.05) is 30.3 Å².